The minimum Gasteiger partial charge on any atom is -0.481 e. The Bertz CT molecular complexity index is 593. The quantitative estimate of drug-likeness (QED) is 0.805. The van der Waals surface area contributed by atoms with Gasteiger partial charge in [0.2, 0.25) is 0 Å². The zero-order valence-corrected chi connectivity index (χ0v) is 13.3. The Morgan fingerprint density at radius 3 is 2.33 bits per heavy atom. The van der Waals surface area contributed by atoms with Gasteiger partial charge in [-0.3, -0.25) is 9.52 Å². The van der Waals surface area contributed by atoms with Crippen LogP contribution in [0, 0.1) is 5.92 Å². The van der Waals surface area contributed by atoms with Gasteiger partial charge in [0, 0.05) is 23.7 Å². The van der Waals surface area contributed by atoms with Gasteiger partial charge in [-0.25, -0.2) is 0 Å². The standard InChI is InChI=1S/C13H18N2O4S2/c1-20-12-4-2-11(3-5-12)14-21(18,19)15-8-6-10(7-9-15)13(16)17/h2-5,10,14H,6-9H2,1H3,(H,16,17). The van der Waals surface area contributed by atoms with Crippen molar-refractivity contribution in [3.63, 3.8) is 0 Å². The molecule has 21 heavy (non-hydrogen) atoms. The lowest BCUT2D eigenvalue weighted by molar-refractivity contribution is -0.142. The van der Waals surface area contributed by atoms with Gasteiger partial charge in [0.1, 0.15) is 0 Å². The second kappa shape index (κ2) is 6.67. The van der Waals surface area contributed by atoms with Crippen LogP contribution in [0.3, 0.4) is 0 Å². The normalized spacial score (nSPS) is 17.6. The molecule has 0 aromatic heterocycles. The average molecular weight is 330 g/mol. The van der Waals surface area contributed by atoms with E-state index in [0.29, 0.717) is 18.5 Å². The van der Waals surface area contributed by atoms with E-state index in [9.17, 15) is 13.2 Å². The third-order valence-corrected chi connectivity index (χ3v) is 5.76. The van der Waals surface area contributed by atoms with E-state index in [-0.39, 0.29) is 13.1 Å². The number of piperidine rings is 1. The Morgan fingerprint density at radius 2 is 1.86 bits per heavy atom. The molecule has 1 fully saturated rings. The Labute approximate surface area is 128 Å². The first-order chi connectivity index (χ1) is 9.92. The molecule has 0 unspecified atom stereocenters. The van der Waals surface area contributed by atoms with E-state index in [1.165, 1.54) is 4.31 Å². The number of rotatable bonds is 5. The molecule has 0 spiro atoms. The SMILES string of the molecule is CSc1ccc(NS(=O)(=O)N2CCC(C(=O)O)CC2)cc1. The lowest BCUT2D eigenvalue weighted by Crippen LogP contribution is -2.42. The molecule has 8 heteroatoms. The molecular formula is C13H18N2O4S2. The minimum absolute atomic E-state index is 0.231. The Morgan fingerprint density at radius 1 is 1.29 bits per heavy atom. The fourth-order valence-corrected chi connectivity index (χ4v) is 3.88. The lowest BCUT2D eigenvalue weighted by atomic mass is 9.99. The van der Waals surface area contributed by atoms with Crippen molar-refractivity contribution >= 4 is 33.6 Å². The summed E-state index contributed by atoms with van der Waals surface area (Å²) in [6.07, 6.45) is 2.65. The van der Waals surface area contributed by atoms with Crippen LogP contribution < -0.4 is 4.72 Å². The number of thioether (sulfide) groups is 1. The van der Waals surface area contributed by atoms with Crippen LogP contribution in [-0.2, 0) is 15.0 Å². The van der Waals surface area contributed by atoms with Crippen LogP contribution in [0.4, 0.5) is 5.69 Å². The molecule has 1 aromatic carbocycles. The number of carboxylic acids is 1. The van der Waals surface area contributed by atoms with Crippen LogP contribution >= 0.6 is 11.8 Å². The predicted octanol–water partition coefficient (Wildman–Crippen LogP) is 1.86. The van der Waals surface area contributed by atoms with Gasteiger partial charge in [-0.15, -0.1) is 11.8 Å². The van der Waals surface area contributed by atoms with E-state index in [2.05, 4.69) is 4.72 Å². The zero-order chi connectivity index (χ0) is 15.5. The molecule has 0 bridgehead atoms. The number of hydrogen-bond donors (Lipinski definition) is 2. The highest BCUT2D eigenvalue weighted by molar-refractivity contribution is 7.98. The fraction of sp³-hybridized carbons (Fsp3) is 0.462. The third-order valence-electron chi connectivity index (χ3n) is 3.48. The van der Waals surface area contributed by atoms with Gasteiger partial charge in [-0.05, 0) is 43.4 Å². The summed E-state index contributed by atoms with van der Waals surface area (Å²) < 4.78 is 28.3. The molecule has 116 valence electrons. The van der Waals surface area contributed by atoms with Gasteiger partial charge in [-0.2, -0.15) is 12.7 Å². The fourth-order valence-electron chi connectivity index (χ4n) is 2.22. The molecule has 0 saturated carbocycles. The van der Waals surface area contributed by atoms with E-state index in [4.69, 9.17) is 5.11 Å². The minimum atomic E-state index is -3.62. The third kappa shape index (κ3) is 4.12. The molecule has 6 nitrogen and oxygen atoms in total. The molecule has 1 saturated heterocycles. The Balaban J connectivity index is 2.00. The molecule has 0 atom stereocenters. The number of aliphatic carboxylic acids is 1. The Hall–Kier alpha value is -1.25. The summed E-state index contributed by atoms with van der Waals surface area (Å²) in [5, 5.41) is 8.93. The van der Waals surface area contributed by atoms with Crippen molar-refractivity contribution in [3.05, 3.63) is 24.3 Å². The molecule has 1 aromatic rings. The summed E-state index contributed by atoms with van der Waals surface area (Å²) in [6.45, 7) is 0.463. The van der Waals surface area contributed by atoms with E-state index < -0.39 is 22.1 Å². The average Bonchev–Trinajstić information content (AvgIpc) is 2.48. The summed E-state index contributed by atoms with van der Waals surface area (Å²) in [4.78, 5) is 11.9. The van der Waals surface area contributed by atoms with Crippen LogP contribution in [0.1, 0.15) is 12.8 Å². The van der Waals surface area contributed by atoms with Gasteiger partial charge in [0.25, 0.3) is 0 Å². The maximum absolute atomic E-state index is 12.2. The van der Waals surface area contributed by atoms with Crippen molar-refractivity contribution in [2.75, 3.05) is 24.1 Å². The van der Waals surface area contributed by atoms with Crippen molar-refractivity contribution in [1.82, 2.24) is 4.31 Å². The molecule has 2 rings (SSSR count). The van der Waals surface area contributed by atoms with Crippen molar-refractivity contribution in [3.8, 4) is 0 Å². The molecule has 0 aliphatic carbocycles. The lowest BCUT2D eigenvalue weighted by Gasteiger charge is -2.29. The number of carbonyl (C=O) groups is 1. The molecule has 2 N–H and O–H groups in total. The summed E-state index contributed by atoms with van der Waals surface area (Å²) in [7, 11) is -3.62. The number of nitrogens with one attached hydrogen (secondary N) is 1. The van der Waals surface area contributed by atoms with E-state index in [0.717, 1.165) is 4.90 Å². The van der Waals surface area contributed by atoms with Gasteiger partial charge in [0.05, 0.1) is 5.92 Å². The zero-order valence-electron chi connectivity index (χ0n) is 11.7. The van der Waals surface area contributed by atoms with E-state index >= 15 is 0 Å². The second-order valence-corrected chi connectivity index (χ2v) is 7.40. The summed E-state index contributed by atoms with van der Waals surface area (Å²) in [5.41, 5.74) is 0.508. The van der Waals surface area contributed by atoms with Crippen LogP contribution in [0.25, 0.3) is 0 Å². The largest absolute Gasteiger partial charge is 0.481 e. The predicted molar refractivity (Wildman–Crippen MR) is 82.7 cm³/mol. The highest BCUT2D eigenvalue weighted by atomic mass is 32.2. The summed E-state index contributed by atoms with van der Waals surface area (Å²) >= 11 is 1.58. The number of hydrogen-bond acceptors (Lipinski definition) is 4. The molecule has 1 heterocycles. The molecule has 0 radical (unpaired) electrons. The van der Waals surface area contributed by atoms with Crippen molar-refractivity contribution in [2.45, 2.75) is 17.7 Å². The van der Waals surface area contributed by atoms with Gasteiger partial charge in [-0.1, -0.05) is 0 Å². The van der Waals surface area contributed by atoms with Crippen molar-refractivity contribution < 1.29 is 18.3 Å². The Kier molecular flexibility index (Phi) is 5.13. The molecule has 1 aliphatic rings. The second-order valence-electron chi connectivity index (χ2n) is 4.85. The maximum Gasteiger partial charge on any atom is 0.306 e. The first-order valence-electron chi connectivity index (χ1n) is 6.57. The number of anilines is 1. The molecule has 1 aliphatic heterocycles. The van der Waals surface area contributed by atoms with Crippen LogP contribution in [-0.4, -0.2) is 43.1 Å². The van der Waals surface area contributed by atoms with Crippen molar-refractivity contribution in [2.24, 2.45) is 5.92 Å². The number of benzene rings is 1. The van der Waals surface area contributed by atoms with Gasteiger partial charge < -0.3 is 5.11 Å². The van der Waals surface area contributed by atoms with E-state index in [1.54, 1.807) is 23.9 Å². The van der Waals surface area contributed by atoms with Crippen LogP contribution in [0.15, 0.2) is 29.2 Å². The van der Waals surface area contributed by atoms with Gasteiger partial charge in [0.15, 0.2) is 0 Å². The van der Waals surface area contributed by atoms with Crippen LogP contribution in [0.5, 0.6) is 0 Å². The molecule has 0 amide bonds. The highest BCUT2D eigenvalue weighted by Crippen LogP contribution is 2.22. The number of nitrogens with zero attached hydrogens (tertiary/aromatic N) is 1. The van der Waals surface area contributed by atoms with Gasteiger partial charge >= 0.3 is 16.2 Å². The molecular weight excluding hydrogens is 312 g/mol. The number of carboxylic acid groups (broad SMARTS) is 1. The first-order valence-corrected chi connectivity index (χ1v) is 9.23. The monoisotopic (exact) mass is 330 g/mol. The van der Waals surface area contributed by atoms with Crippen LogP contribution in [0.2, 0.25) is 0 Å². The highest BCUT2D eigenvalue weighted by Gasteiger charge is 2.30. The topological polar surface area (TPSA) is 86.7 Å². The smallest absolute Gasteiger partial charge is 0.306 e. The van der Waals surface area contributed by atoms with E-state index in [1.807, 2.05) is 18.4 Å². The maximum atomic E-state index is 12.2. The first kappa shape index (κ1) is 16.1. The summed E-state index contributed by atoms with van der Waals surface area (Å²) in [6, 6.07) is 7.12. The van der Waals surface area contributed by atoms with Crippen molar-refractivity contribution in [1.29, 1.82) is 0 Å². The summed E-state index contributed by atoms with van der Waals surface area (Å²) in [5.74, 6) is -1.30.